The predicted molar refractivity (Wildman–Crippen MR) is 80.3 cm³/mol. The maximum atomic E-state index is 13.1. The normalized spacial score (nSPS) is 12.0. The number of anilines is 1. The molecule has 0 bridgehead atoms. The third-order valence-electron chi connectivity index (χ3n) is 3.25. The van der Waals surface area contributed by atoms with Crippen molar-refractivity contribution in [2.24, 2.45) is 0 Å². The van der Waals surface area contributed by atoms with Gasteiger partial charge in [-0.1, -0.05) is 0 Å². The van der Waals surface area contributed by atoms with Crippen LogP contribution in [0.3, 0.4) is 0 Å². The second-order valence-corrected chi connectivity index (χ2v) is 6.73. The summed E-state index contributed by atoms with van der Waals surface area (Å²) >= 11 is 0. The molecule has 0 aromatic heterocycles. The molecule has 0 heterocycles. The highest BCUT2D eigenvalue weighted by atomic mass is 32.2. The molecule has 0 saturated carbocycles. The van der Waals surface area contributed by atoms with Crippen molar-refractivity contribution in [1.82, 2.24) is 0 Å². The number of halogens is 4. The van der Waals surface area contributed by atoms with E-state index in [1.165, 1.54) is 6.92 Å². The summed E-state index contributed by atoms with van der Waals surface area (Å²) in [6.45, 7) is 1.39. The van der Waals surface area contributed by atoms with Crippen LogP contribution in [0.2, 0.25) is 0 Å². The highest BCUT2D eigenvalue weighted by Crippen LogP contribution is 2.35. The van der Waals surface area contributed by atoms with Crippen molar-refractivity contribution in [3.63, 3.8) is 0 Å². The molecule has 0 atom stereocenters. The average Bonchev–Trinajstić information content (AvgIpc) is 2.47. The molecule has 0 spiro atoms. The minimum Gasteiger partial charge on any atom is -0.478 e. The van der Waals surface area contributed by atoms with Crippen LogP contribution in [0.1, 0.15) is 21.5 Å². The van der Waals surface area contributed by atoms with Crippen LogP contribution in [0.25, 0.3) is 0 Å². The Morgan fingerprint density at radius 1 is 1.12 bits per heavy atom. The van der Waals surface area contributed by atoms with Gasteiger partial charge in [0.15, 0.2) is 0 Å². The molecule has 0 aliphatic rings. The van der Waals surface area contributed by atoms with E-state index in [1.807, 2.05) is 4.72 Å². The van der Waals surface area contributed by atoms with Gasteiger partial charge in [0.25, 0.3) is 10.0 Å². The van der Waals surface area contributed by atoms with E-state index in [-0.39, 0.29) is 22.9 Å². The van der Waals surface area contributed by atoms with Crippen LogP contribution in [0.4, 0.5) is 23.2 Å². The number of carboxylic acid groups (broad SMARTS) is 1. The maximum absolute atomic E-state index is 13.1. The van der Waals surface area contributed by atoms with E-state index < -0.39 is 38.4 Å². The topological polar surface area (TPSA) is 83.5 Å². The molecule has 0 fully saturated rings. The van der Waals surface area contributed by atoms with E-state index in [1.54, 1.807) is 0 Å². The van der Waals surface area contributed by atoms with Crippen molar-refractivity contribution in [2.45, 2.75) is 18.0 Å². The first-order chi connectivity index (χ1) is 11.4. The van der Waals surface area contributed by atoms with Crippen LogP contribution >= 0.6 is 0 Å². The largest absolute Gasteiger partial charge is 0.478 e. The first-order valence-corrected chi connectivity index (χ1v) is 8.13. The Kier molecular flexibility index (Phi) is 4.76. The van der Waals surface area contributed by atoms with Crippen LogP contribution in [0.5, 0.6) is 0 Å². The summed E-state index contributed by atoms with van der Waals surface area (Å²) in [5, 5.41) is 8.86. The van der Waals surface area contributed by atoms with E-state index in [0.717, 1.165) is 18.2 Å². The summed E-state index contributed by atoms with van der Waals surface area (Å²) < 4.78 is 78.6. The van der Waals surface area contributed by atoms with Gasteiger partial charge in [0.1, 0.15) is 5.82 Å². The Bertz CT molecular complexity index is 939. The number of hydrogen-bond acceptors (Lipinski definition) is 3. The average molecular weight is 377 g/mol. The molecule has 5 nitrogen and oxygen atoms in total. The Morgan fingerprint density at radius 3 is 2.28 bits per heavy atom. The number of alkyl halides is 3. The highest BCUT2D eigenvalue weighted by Gasteiger charge is 2.37. The predicted octanol–water partition coefficient (Wildman–Crippen LogP) is 3.65. The van der Waals surface area contributed by atoms with Crippen LogP contribution < -0.4 is 4.72 Å². The molecule has 2 rings (SSSR count). The molecule has 10 heteroatoms. The minimum atomic E-state index is -5.08. The molecule has 0 saturated heterocycles. The second kappa shape index (κ2) is 6.36. The number of rotatable bonds is 4. The first kappa shape index (κ1) is 18.7. The quantitative estimate of drug-likeness (QED) is 0.797. The number of nitrogens with one attached hydrogen (secondary N) is 1. The van der Waals surface area contributed by atoms with Gasteiger partial charge >= 0.3 is 12.1 Å². The fraction of sp³-hybridized carbons (Fsp3) is 0.133. The van der Waals surface area contributed by atoms with Gasteiger partial charge in [-0.15, -0.1) is 0 Å². The Labute approximate surface area is 140 Å². The maximum Gasteiger partial charge on any atom is 0.417 e. The lowest BCUT2D eigenvalue weighted by atomic mass is 10.1. The SMILES string of the molecule is Cc1cc(C(=O)O)ccc1NS(=O)(=O)c1ccc(F)cc1C(F)(F)F. The zero-order valence-corrected chi connectivity index (χ0v) is 13.4. The zero-order valence-electron chi connectivity index (χ0n) is 12.6. The molecule has 25 heavy (non-hydrogen) atoms. The van der Waals surface area contributed by atoms with Gasteiger partial charge in [-0.25, -0.2) is 17.6 Å². The molecular formula is C15H11F4NO4S. The lowest BCUT2D eigenvalue weighted by Gasteiger charge is -2.15. The van der Waals surface area contributed by atoms with Crippen molar-refractivity contribution >= 4 is 21.7 Å². The van der Waals surface area contributed by atoms with Gasteiger partial charge in [0.2, 0.25) is 0 Å². The van der Waals surface area contributed by atoms with Gasteiger partial charge in [0.05, 0.1) is 21.7 Å². The summed E-state index contributed by atoms with van der Waals surface area (Å²) in [7, 11) is -4.68. The Morgan fingerprint density at radius 2 is 1.76 bits per heavy atom. The lowest BCUT2D eigenvalue weighted by Crippen LogP contribution is -2.19. The number of carboxylic acids is 1. The summed E-state index contributed by atoms with van der Waals surface area (Å²) in [5.41, 5.74) is -1.65. The number of sulfonamides is 1. The van der Waals surface area contributed by atoms with Gasteiger partial charge < -0.3 is 5.11 Å². The van der Waals surface area contributed by atoms with Gasteiger partial charge in [0, 0.05) is 0 Å². The number of carbonyl (C=O) groups is 1. The standard InChI is InChI=1S/C15H11F4NO4S/c1-8-6-9(14(21)22)2-4-12(8)20-25(23,24)13-5-3-10(16)7-11(13)15(17,18)19/h2-7,20H,1H3,(H,21,22). The van der Waals surface area contributed by atoms with E-state index in [2.05, 4.69) is 0 Å². The monoisotopic (exact) mass is 377 g/mol. The third-order valence-corrected chi connectivity index (χ3v) is 4.68. The first-order valence-electron chi connectivity index (χ1n) is 6.65. The molecule has 0 unspecified atom stereocenters. The molecule has 2 aromatic carbocycles. The molecule has 0 radical (unpaired) electrons. The molecule has 2 N–H and O–H groups in total. The van der Waals surface area contributed by atoms with Crippen LogP contribution in [0, 0.1) is 12.7 Å². The van der Waals surface area contributed by atoms with E-state index in [4.69, 9.17) is 5.11 Å². The molecule has 2 aromatic rings. The lowest BCUT2D eigenvalue weighted by molar-refractivity contribution is -0.140. The number of benzene rings is 2. The number of hydrogen-bond donors (Lipinski definition) is 2. The van der Waals surface area contributed by atoms with Gasteiger partial charge in [-0.2, -0.15) is 13.2 Å². The smallest absolute Gasteiger partial charge is 0.417 e. The van der Waals surface area contributed by atoms with Crippen LogP contribution in [0.15, 0.2) is 41.3 Å². The highest BCUT2D eigenvalue weighted by molar-refractivity contribution is 7.92. The van der Waals surface area contributed by atoms with Crippen LogP contribution in [-0.4, -0.2) is 19.5 Å². The van der Waals surface area contributed by atoms with Crippen molar-refractivity contribution in [3.05, 3.63) is 58.9 Å². The fourth-order valence-electron chi connectivity index (χ4n) is 2.07. The number of aromatic carboxylic acids is 1. The minimum absolute atomic E-state index is 0.0922. The second-order valence-electron chi connectivity index (χ2n) is 5.08. The van der Waals surface area contributed by atoms with Crippen molar-refractivity contribution in [2.75, 3.05) is 4.72 Å². The Balaban J connectivity index is 2.49. The van der Waals surface area contributed by atoms with Crippen molar-refractivity contribution in [1.29, 1.82) is 0 Å². The Hall–Kier alpha value is -2.62. The summed E-state index contributed by atoms with van der Waals surface area (Å²) in [5.74, 6) is -2.47. The molecule has 134 valence electrons. The van der Waals surface area contributed by atoms with Crippen molar-refractivity contribution in [3.8, 4) is 0 Å². The molecule has 0 aliphatic carbocycles. The number of aryl methyl sites for hydroxylation is 1. The fourth-order valence-corrected chi connectivity index (χ4v) is 3.41. The molecule has 0 amide bonds. The van der Waals surface area contributed by atoms with E-state index >= 15 is 0 Å². The zero-order chi connectivity index (χ0) is 19.0. The van der Waals surface area contributed by atoms with E-state index in [9.17, 15) is 30.8 Å². The van der Waals surface area contributed by atoms with E-state index in [0.29, 0.717) is 12.1 Å². The van der Waals surface area contributed by atoms with Gasteiger partial charge in [-0.05, 0) is 48.9 Å². The third kappa shape index (κ3) is 4.08. The molecular weight excluding hydrogens is 366 g/mol. The summed E-state index contributed by atoms with van der Waals surface area (Å²) in [4.78, 5) is 9.72. The molecule has 0 aliphatic heterocycles. The van der Waals surface area contributed by atoms with Crippen LogP contribution in [-0.2, 0) is 16.2 Å². The van der Waals surface area contributed by atoms with Crippen molar-refractivity contribution < 1.29 is 35.9 Å². The van der Waals surface area contributed by atoms with Gasteiger partial charge in [-0.3, -0.25) is 4.72 Å². The summed E-state index contributed by atoms with van der Waals surface area (Å²) in [6.07, 6.45) is -5.08. The summed E-state index contributed by atoms with van der Waals surface area (Å²) in [6, 6.07) is 4.59.